The molecule has 0 aliphatic carbocycles. The van der Waals surface area contributed by atoms with Crippen molar-refractivity contribution in [1.29, 1.82) is 0 Å². The Morgan fingerprint density at radius 1 is 0.395 bits per heavy atom. The lowest BCUT2D eigenvalue weighted by molar-refractivity contribution is -0.131. The van der Waals surface area contributed by atoms with Crippen molar-refractivity contribution in [3.8, 4) is 0 Å². The highest BCUT2D eigenvalue weighted by molar-refractivity contribution is 7.90. The highest BCUT2D eigenvalue weighted by atomic mass is 35.5. The van der Waals surface area contributed by atoms with Gasteiger partial charge >= 0.3 is 6.03 Å². The van der Waals surface area contributed by atoms with E-state index in [1.54, 1.807) is 109 Å². The summed E-state index contributed by atoms with van der Waals surface area (Å²) < 4.78 is 122. The van der Waals surface area contributed by atoms with Crippen LogP contribution in [-0.2, 0) is 87.7 Å². The van der Waals surface area contributed by atoms with Crippen molar-refractivity contribution in [1.82, 2.24) is 53.4 Å². The first kappa shape index (κ1) is 97.4. The van der Waals surface area contributed by atoms with Crippen LogP contribution in [0, 0.1) is 0 Å². The number of carbonyl (C=O) groups excluding carboxylic acids is 3. The van der Waals surface area contributed by atoms with Gasteiger partial charge in [0.15, 0.2) is 0 Å². The average molecular weight is 1830 g/mol. The number of hydrogen-bond acceptors (Lipinski definition) is 19. The molecule has 6 aromatic carbocycles. The van der Waals surface area contributed by atoms with E-state index in [-0.39, 0.29) is 136 Å². The molecule has 0 saturated carbocycles. The molecular formula is C84H115Cl6N11O15S3. The Labute approximate surface area is 733 Å². The topological polar surface area (TPSA) is 271 Å². The summed E-state index contributed by atoms with van der Waals surface area (Å²) in [6.07, 6.45) is 4.13. The maximum atomic E-state index is 13.8. The molecule has 0 aromatic heterocycles. The molecule has 656 valence electrons. The number of sulfonamides is 3. The van der Waals surface area contributed by atoms with Gasteiger partial charge < -0.3 is 68.0 Å². The molecule has 3 aliphatic heterocycles. The molecule has 3 atom stereocenters. The molecule has 3 aliphatic rings. The van der Waals surface area contributed by atoms with E-state index in [0.29, 0.717) is 161 Å². The number of unbranched alkanes of at least 4 members (excludes halogenated alkanes) is 2. The Morgan fingerprint density at radius 3 is 1.12 bits per heavy atom. The van der Waals surface area contributed by atoms with Crippen molar-refractivity contribution in [3.05, 3.63) is 189 Å². The molecule has 0 unspecified atom stereocenters. The maximum Gasteiger partial charge on any atom is 0.317 e. The number of rotatable bonds is 50. The number of fused-ring (bicyclic) bond motifs is 3. The first-order valence-corrected chi connectivity index (χ1v) is 47.0. The van der Waals surface area contributed by atoms with E-state index in [1.807, 2.05) is 57.5 Å². The van der Waals surface area contributed by atoms with Gasteiger partial charge in [-0.2, -0.15) is 4.31 Å². The van der Waals surface area contributed by atoms with Crippen LogP contribution in [0.3, 0.4) is 0 Å². The number of benzene rings is 6. The average Bonchev–Trinajstić information content (AvgIpc) is 0.780. The van der Waals surface area contributed by atoms with E-state index >= 15 is 0 Å². The van der Waals surface area contributed by atoms with E-state index in [0.717, 1.165) is 62.9 Å². The van der Waals surface area contributed by atoms with Crippen molar-refractivity contribution < 1.29 is 68.1 Å². The second-order valence-corrected chi connectivity index (χ2v) is 38.6. The van der Waals surface area contributed by atoms with Gasteiger partial charge in [0.05, 0.1) is 94.0 Å². The van der Waals surface area contributed by atoms with Crippen LogP contribution in [0.2, 0.25) is 30.1 Å². The molecular weight excluding hydrogens is 1710 g/mol. The number of ether oxygens (including phenoxy) is 6. The van der Waals surface area contributed by atoms with Crippen LogP contribution in [-0.4, -0.2) is 295 Å². The number of nitrogens with one attached hydrogen (secondary N) is 3. The molecule has 9 rings (SSSR count). The van der Waals surface area contributed by atoms with Crippen LogP contribution in [0.5, 0.6) is 0 Å². The van der Waals surface area contributed by atoms with Gasteiger partial charge in [0.2, 0.25) is 41.9 Å². The van der Waals surface area contributed by atoms with Crippen molar-refractivity contribution in [3.63, 3.8) is 0 Å². The number of nitrogens with zero attached hydrogens (tertiary/aromatic N) is 8. The standard InChI is InChI=1S/C84H115Cl6N11O15S3/c1-94-55-73(70-49-64(85)52-79(88)76(70)58-94)61-16-12-19-67(46-61)117(105,106)92-25-34-111-40-42-113-36-30-97(4)82(102)22-8-10-27-101(29-15-24-91-84(104)99(6)32-38-115-43-41-112-35-26-93-118(107,108)68-20-13-17-62(47-68)74-56-95(2)59-77-71(74)50-65(86)53-80(77)89)28-11-9-23-83(103)98(5)31-37-114-44-45-116-39-33-100(7)119(109,110)69-21-14-18-63(48-69)75-57-96(3)60-78-72(75)51-66(87)54-81(78)90/h12-14,16-21,46-54,73-75,92-93H,8-11,15,22-45,55-60H2,1-7H3,(H,91,104)/t73-,74-,75-/m0/s1. The molecule has 0 spiro atoms. The van der Waals surface area contributed by atoms with E-state index in [1.165, 1.54) is 11.4 Å². The van der Waals surface area contributed by atoms with E-state index in [2.05, 4.69) is 34.4 Å². The molecule has 26 nitrogen and oxygen atoms in total. The van der Waals surface area contributed by atoms with Crippen molar-refractivity contribution >= 4 is 118 Å². The van der Waals surface area contributed by atoms with Gasteiger partial charge in [-0.25, -0.2) is 39.5 Å². The summed E-state index contributed by atoms with van der Waals surface area (Å²) in [5.41, 5.74) is 8.42. The highest BCUT2D eigenvalue weighted by Crippen LogP contribution is 2.42. The lowest BCUT2D eigenvalue weighted by atomic mass is 9.85. The Balaban J connectivity index is 0.639. The fraction of sp³-hybridized carbons (Fsp3) is 0.536. The molecule has 3 heterocycles. The maximum absolute atomic E-state index is 13.8. The summed E-state index contributed by atoms with van der Waals surface area (Å²) in [7, 11) is 1.17. The minimum Gasteiger partial charge on any atom is -0.378 e. The third kappa shape index (κ3) is 29.9. The fourth-order valence-corrected chi connectivity index (χ4v) is 19.8. The summed E-state index contributed by atoms with van der Waals surface area (Å²) in [5.74, 6) is -0.389. The Morgan fingerprint density at radius 2 is 0.731 bits per heavy atom. The van der Waals surface area contributed by atoms with Gasteiger partial charge in [0, 0.05) is 174 Å². The number of hydrogen-bond donors (Lipinski definition) is 3. The van der Waals surface area contributed by atoms with Gasteiger partial charge in [-0.3, -0.25) is 9.59 Å². The highest BCUT2D eigenvalue weighted by Gasteiger charge is 2.33. The summed E-state index contributed by atoms with van der Waals surface area (Å²) >= 11 is 39.0. The summed E-state index contributed by atoms with van der Waals surface area (Å²) in [6, 6.07) is 31.5. The minimum atomic E-state index is -3.85. The number of amides is 4. The fourth-order valence-electron chi connectivity index (χ4n) is 14.7. The molecule has 3 N–H and O–H groups in total. The lowest BCUT2D eigenvalue weighted by Crippen LogP contribution is -2.40. The predicted octanol–water partition coefficient (Wildman–Crippen LogP) is 11.6. The zero-order chi connectivity index (χ0) is 85.8. The van der Waals surface area contributed by atoms with Gasteiger partial charge in [-0.15, -0.1) is 0 Å². The number of carbonyl (C=O) groups is 3. The van der Waals surface area contributed by atoms with Gasteiger partial charge in [-0.1, -0.05) is 106 Å². The van der Waals surface area contributed by atoms with Crippen LogP contribution in [0.1, 0.15) is 113 Å². The number of halogens is 6. The molecule has 0 saturated heterocycles. The monoisotopic (exact) mass is 1820 g/mol. The van der Waals surface area contributed by atoms with Crippen LogP contribution in [0.15, 0.2) is 124 Å². The smallest absolute Gasteiger partial charge is 0.317 e. The van der Waals surface area contributed by atoms with E-state index in [9.17, 15) is 39.6 Å². The second kappa shape index (κ2) is 48.2. The Kier molecular flexibility index (Phi) is 39.4. The lowest BCUT2D eigenvalue weighted by Gasteiger charge is -2.33. The third-order valence-electron chi connectivity index (χ3n) is 21.4. The Bertz CT molecular complexity index is 4490. The van der Waals surface area contributed by atoms with Crippen molar-refractivity contribution in [2.75, 3.05) is 214 Å². The molecule has 0 bridgehead atoms. The predicted molar refractivity (Wildman–Crippen MR) is 468 cm³/mol. The van der Waals surface area contributed by atoms with Crippen molar-refractivity contribution in [2.24, 2.45) is 0 Å². The SMILES string of the molecule is CN1Cc2c(Cl)cc(Cl)cc2[C@H](c2cccc(S(=O)(=O)NCCOCCOCCN(C)C(=O)CCCCN(CCCCC(=O)N(C)CCOCCOCCN(C)S(=O)(=O)c3cccc([C@@H]4CN(C)Cc5c(Cl)cc(Cl)cc54)c3)CCCNC(=O)N(C)CCOCCOCCNS(=O)(=O)c3cccc([C@@H]4CN(C)Cc5c(Cl)cc(Cl)cc54)c3)c2)C1. The molecule has 0 fully saturated rings. The second-order valence-electron chi connectivity index (χ2n) is 30.5. The van der Waals surface area contributed by atoms with Gasteiger partial charge in [-0.05, 0) is 196 Å². The van der Waals surface area contributed by atoms with Gasteiger partial charge in [0.1, 0.15) is 0 Å². The normalized spacial score (nSPS) is 16.1. The van der Waals surface area contributed by atoms with Crippen LogP contribution in [0.4, 0.5) is 4.79 Å². The number of likely N-dealkylation sites (N-methyl/N-ethyl adjacent to an activating group) is 7. The first-order chi connectivity index (χ1) is 56.9. The van der Waals surface area contributed by atoms with E-state index < -0.39 is 30.1 Å². The number of urea groups is 1. The zero-order valence-corrected chi connectivity index (χ0v) is 76.1. The minimum absolute atomic E-state index is 0.0137. The van der Waals surface area contributed by atoms with Crippen molar-refractivity contribution in [2.45, 2.75) is 97.0 Å². The van der Waals surface area contributed by atoms with Crippen LogP contribution >= 0.6 is 69.6 Å². The third-order valence-corrected chi connectivity index (χ3v) is 27.8. The van der Waals surface area contributed by atoms with Gasteiger partial charge in [0.25, 0.3) is 0 Å². The molecule has 4 amide bonds. The van der Waals surface area contributed by atoms with Crippen LogP contribution < -0.4 is 14.8 Å². The summed E-state index contributed by atoms with van der Waals surface area (Å²) in [6.45, 7) is 10.5. The zero-order valence-electron chi connectivity index (χ0n) is 69.1. The quantitative estimate of drug-likeness (QED) is 0.0299. The molecule has 119 heavy (non-hydrogen) atoms. The molecule has 35 heteroatoms. The molecule has 0 radical (unpaired) electrons. The summed E-state index contributed by atoms with van der Waals surface area (Å²) in [4.78, 5) is 53.8. The Hall–Kier alpha value is -5.40. The summed E-state index contributed by atoms with van der Waals surface area (Å²) in [5, 5.41) is 6.34. The van der Waals surface area contributed by atoms with E-state index in [4.69, 9.17) is 98.0 Å². The first-order valence-electron chi connectivity index (χ1n) is 40.3. The largest absolute Gasteiger partial charge is 0.378 e. The van der Waals surface area contributed by atoms with Crippen LogP contribution in [0.25, 0.3) is 0 Å². The molecule has 6 aromatic rings.